The Hall–Kier alpha value is -0.940. The van der Waals surface area contributed by atoms with Gasteiger partial charge in [0.05, 0.1) is 0 Å². The van der Waals surface area contributed by atoms with Crippen molar-refractivity contribution in [3.63, 3.8) is 0 Å². The monoisotopic (exact) mass is 341 g/mol. The number of carbonyl (C=O) groups is 1. The Morgan fingerprint density at radius 1 is 1.40 bits per heavy atom. The highest BCUT2D eigenvalue weighted by Crippen LogP contribution is 2.16. The molecule has 0 aliphatic heterocycles. The minimum absolute atomic E-state index is 0.0501. The lowest BCUT2D eigenvalue weighted by Crippen LogP contribution is -2.44. The second-order valence-corrected chi connectivity index (χ2v) is 6.00. The molecule has 1 heterocycles. The number of rotatable bonds is 7. The van der Waals surface area contributed by atoms with Crippen LogP contribution in [-0.2, 0) is 0 Å². The van der Waals surface area contributed by atoms with Gasteiger partial charge in [0.2, 0.25) is 0 Å². The van der Waals surface area contributed by atoms with Crippen LogP contribution in [0.25, 0.3) is 0 Å². The summed E-state index contributed by atoms with van der Waals surface area (Å²) in [5, 5.41) is 3.03. The van der Waals surface area contributed by atoms with Crippen molar-refractivity contribution >= 4 is 21.8 Å². The molecule has 0 bridgehead atoms. The first-order valence-electron chi connectivity index (χ1n) is 7.05. The summed E-state index contributed by atoms with van der Waals surface area (Å²) in [5.74, 6) is 0.542. The second-order valence-electron chi connectivity index (χ2n) is 5.18. The molecule has 1 aromatic heterocycles. The van der Waals surface area contributed by atoms with Crippen LogP contribution < -0.4 is 5.32 Å². The molecule has 0 fully saturated rings. The third-order valence-corrected chi connectivity index (χ3v) is 4.15. The van der Waals surface area contributed by atoms with Gasteiger partial charge >= 0.3 is 0 Å². The first-order chi connectivity index (χ1) is 9.49. The van der Waals surface area contributed by atoms with Crippen molar-refractivity contribution in [3.8, 4) is 0 Å². The number of carbonyl (C=O) groups excluding carboxylic acids is 1. The summed E-state index contributed by atoms with van der Waals surface area (Å²) in [5.41, 5.74) is 0.633. The first kappa shape index (κ1) is 17.1. The van der Waals surface area contributed by atoms with E-state index in [4.69, 9.17) is 0 Å². The van der Waals surface area contributed by atoms with E-state index in [1.807, 2.05) is 0 Å². The smallest absolute Gasteiger partial charge is 0.251 e. The molecule has 4 nitrogen and oxygen atoms in total. The lowest BCUT2D eigenvalue weighted by molar-refractivity contribution is 0.0928. The summed E-state index contributed by atoms with van der Waals surface area (Å²) in [6, 6.07) is 3.82. The van der Waals surface area contributed by atoms with Gasteiger partial charge in [-0.2, -0.15) is 0 Å². The summed E-state index contributed by atoms with van der Waals surface area (Å²) in [4.78, 5) is 18.4. The average molecular weight is 342 g/mol. The molecule has 0 radical (unpaired) electrons. The highest BCUT2D eigenvalue weighted by Gasteiger charge is 2.21. The van der Waals surface area contributed by atoms with Crippen molar-refractivity contribution in [2.45, 2.75) is 32.7 Å². The molecule has 1 amide bonds. The standard InChI is InChI=1S/C15H24BrN3O/c1-5-11(6-2)13(19(3)4)10-18-15(20)12-7-8-17-14(16)9-12/h7-9,11,13H,5-6,10H2,1-4H3,(H,18,20). The van der Waals surface area contributed by atoms with E-state index in [1.165, 1.54) is 0 Å². The van der Waals surface area contributed by atoms with E-state index < -0.39 is 0 Å². The van der Waals surface area contributed by atoms with E-state index in [0.29, 0.717) is 28.7 Å². The van der Waals surface area contributed by atoms with Gasteiger partial charge in [0.1, 0.15) is 4.60 Å². The molecule has 0 aromatic carbocycles. The number of nitrogens with zero attached hydrogens (tertiary/aromatic N) is 2. The molecular formula is C15H24BrN3O. The molecule has 1 N–H and O–H groups in total. The Balaban J connectivity index is 2.65. The van der Waals surface area contributed by atoms with Crippen LogP contribution in [0, 0.1) is 5.92 Å². The van der Waals surface area contributed by atoms with E-state index in [1.54, 1.807) is 18.3 Å². The number of halogens is 1. The van der Waals surface area contributed by atoms with Gasteiger partial charge in [-0.15, -0.1) is 0 Å². The SMILES string of the molecule is CCC(CC)C(CNC(=O)c1ccnc(Br)c1)N(C)C. The minimum Gasteiger partial charge on any atom is -0.350 e. The van der Waals surface area contributed by atoms with Crippen LogP contribution in [0.5, 0.6) is 0 Å². The van der Waals surface area contributed by atoms with Crippen molar-refractivity contribution in [3.05, 3.63) is 28.5 Å². The quantitative estimate of drug-likeness (QED) is 0.775. The van der Waals surface area contributed by atoms with Gasteiger partial charge < -0.3 is 10.2 Å². The highest BCUT2D eigenvalue weighted by molar-refractivity contribution is 9.10. The number of pyridine rings is 1. The molecule has 112 valence electrons. The maximum atomic E-state index is 12.1. The van der Waals surface area contributed by atoms with E-state index in [-0.39, 0.29) is 5.91 Å². The zero-order valence-corrected chi connectivity index (χ0v) is 14.3. The third-order valence-electron chi connectivity index (χ3n) is 3.72. The molecule has 0 saturated carbocycles. The zero-order valence-electron chi connectivity index (χ0n) is 12.7. The van der Waals surface area contributed by atoms with Crippen LogP contribution in [-0.4, -0.2) is 42.5 Å². The van der Waals surface area contributed by atoms with Crippen molar-refractivity contribution < 1.29 is 4.79 Å². The number of aromatic nitrogens is 1. The van der Waals surface area contributed by atoms with E-state index in [2.05, 4.69) is 59.1 Å². The number of likely N-dealkylation sites (N-methyl/N-ethyl adjacent to an activating group) is 1. The molecule has 1 aromatic rings. The fourth-order valence-corrected chi connectivity index (χ4v) is 2.81. The average Bonchev–Trinajstić information content (AvgIpc) is 2.42. The lowest BCUT2D eigenvalue weighted by atomic mass is 9.93. The van der Waals surface area contributed by atoms with Gasteiger partial charge in [-0.3, -0.25) is 4.79 Å². The van der Waals surface area contributed by atoms with Gasteiger partial charge in [0, 0.05) is 24.3 Å². The molecule has 1 unspecified atom stereocenters. The van der Waals surface area contributed by atoms with Crippen LogP contribution >= 0.6 is 15.9 Å². The summed E-state index contributed by atoms with van der Waals surface area (Å²) in [6.07, 6.45) is 3.87. The van der Waals surface area contributed by atoms with Crippen LogP contribution in [0.4, 0.5) is 0 Å². The first-order valence-corrected chi connectivity index (χ1v) is 7.85. The van der Waals surface area contributed by atoms with E-state index >= 15 is 0 Å². The lowest BCUT2D eigenvalue weighted by Gasteiger charge is -2.31. The molecule has 0 aliphatic carbocycles. The van der Waals surface area contributed by atoms with E-state index in [9.17, 15) is 4.79 Å². The largest absolute Gasteiger partial charge is 0.350 e. The molecule has 0 aliphatic rings. The predicted octanol–water partition coefficient (Wildman–Crippen LogP) is 2.94. The van der Waals surface area contributed by atoms with E-state index in [0.717, 1.165) is 12.8 Å². The maximum absolute atomic E-state index is 12.1. The second kappa shape index (κ2) is 8.37. The van der Waals surface area contributed by atoms with Crippen molar-refractivity contribution in [2.75, 3.05) is 20.6 Å². The Labute approximate surface area is 130 Å². The Kier molecular flexibility index (Phi) is 7.16. The number of hydrogen-bond donors (Lipinski definition) is 1. The molecule has 20 heavy (non-hydrogen) atoms. The van der Waals surface area contributed by atoms with Gasteiger partial charge in [-0.05, 0) is 48.1 Å². The maximum Gasteiger partial charge on any atom is 0.251 e. The highest BCUT2D eigenvalue weighted by atomic mass is 79.9. The van der Waals surface area contributed by atoms with Crippen LogP contribution in [0.2, 0.25) is 0 Å². The van der Waals surface area contributed by atoms with Crippen molar-refractivity contribution in [1.29, 1.82) is 0 Å². The molecule has 1 rings (SSSR count). The third kappa shape index (κ3) is 4.87. The summed E-state index contributed by atoms with van der Waals surface area (Å²) >= 11 is 3.28. The van der Waals surface area contributed by atoms with Crippen LogP contribution in [0.3, 0.4) is 0 Å². The normalized spacial score (nSPS) is 12.8. The summed E-state index contributed by atoms with van der Waals surface area (Å²) < 4.78 is 0.675. The molecule has 0 spiro atoms. The number of amides is 1. The predicted molar refractivity (Wildman–Crippen MR) is 85.8 cm³/mol. The topological polar surface area (TPSA) is 45.2 Å². The van der Waals surface area contributed by atoms with Gasteiger partial charge in [0.25, 0.3) is 5.91 Å². The number of hydrogen-bond acceptors (Lipinski definition) is 3. The fourth-order valence-electron chi connectivity index (χ4n) is 2.45. The van der Waals surface area contributed by atoms with Gasteiger partial charge in [-0.1, -0.05) is 26.7 Å². The summed E-state index contributed by atoms with van der Waals surface area (Å²) in [7, 11) is 4.14. The Morgan fingerprint density at radius 3 is 2.55 bits per heavy atom. The number of nitrogens with one attached hydrogen (secondary N) is 1. The zero-order chi connectivity index (χ0) is 15.1. The van der Waals surface area contributed by atoms with Crippen molar-refractivity contribution in [2.24, 2.45) is 5.92 Å². The fraction of sp³-hybridized carbons (Fsp3) is 0.600. The minimum atomic E-state index is -0.0501. The van der Waals surface area contributed by atoms with Crippen molar-refractivity contribution in [1.82, 2.24) is 15.2 Å². The summed E-state index contributed by atoms with van der Waals surface area (Å²) in [6.45, 7) is 5.07. The van der Waals surface area contributed by atoms with Crippen LogP contribution in [0.15, 0.2) is 22.9 Å². The van der Waals surface area contributed by atoms with Crippen LogP contribution in [0.1, 0.15) is 37.0 Å². The Morgan fingerprint density at radius 2 is 2.05 bits per heavy atom. The molecular weight excluding hydrogens is 318 g/mol. The molecule has 5 heteroatoms. The van der Waals surface area contributed by atoms with Gasteiger partial charge in [-0.25, -0.2) is 4.98 Å². The van der Waals surface area contributed by atoms with Gasteiger partial charge in [0.15, 0.2) is 0 Å². The Bertz CT molecular complexity index is 433. The molecule has 1 atom stereocenters. The molecule has 0 saturated heterocycles.